The molecule has 110 valence electrons. The van der Waals surface area contributed by atoms with Crippen molar-refractivity contribution in [2.45, 2.75) is 12.5 Å². The van der Waals surface area contributed by atoms with Crippen LogP contribution in [0.4, 0.5) is 5.69 Å². The van der Waals surface area contributed by atoms with Crippen molar-refractivity contribution in [3.63, 3.8) is 0 Å². The van der Waals surface area contributed by atoms with Gasteiger partial charge in [0.1, 0.15) is 0 Å². The van der Waals surface area contributed by atoms with E-state index in [4.69, 9.17) is 0 Å². The number of hydrogen-bond donors (Lipinski definition) is 3. The zero-order valence-electron chi connectivity index (χ0n) is 11.8. The maximum atomic E-state index is 11.9. The van der Waals surface area contributed by atoms with Gasteiger partial charge in [-0.1, -0.05) is 48.5 Å². The van der Waals surface area contributed by atoms with Crippen molar-refractivity contribution in [1.82, 2.24) is 5.32 Å². The number of aliphatic hydroxyl groups excluding tert-OH is 1. The lowest BCUT2D eigenvalue weighted by Crippen LogP contribution is -2.41. The minimum atomic E-state index is -0.266. The van der Waals surface area contributed by atoms with E-state index in [0.717, 1.165) is 11.3 Å². The SMILES string of the molecule is O=C(CNc1ccccc1)NC(CO)Cc1ccccc1. The molecule has 0 radical (unpaired) electrons. The van der Waals surface area contributed by atoms with Gasteiger partial charge in [-0.2, -0.15) is 0 Å². The minimum Gasteiger partial charge on any atom is -0.394 e. The minimum absolute atomic E-state index is 0.0774. The molecule has 0 aliphatic heterocycles. The Balaban J connectivity index is 1.80. The molecule has 1 unspecified atom stereocenters. The van der Waals surface area contributed by atoms with E-state index in [1.807, 2.05) is 60.7 Å². The van der Waals surface area contributed by atoms with E-state index in [9.17, 15) is 9.90 Å². The summed E-state index contributed by atoms with van der Waals surface area (Å²) in [4.78, 5) is 11.9. The molecule has 2 aromatic carbocycles. The number of aliphatic hydroxyl groups is 1. The molecule has 0 spiro atoms. The highest BCUT2D eigenvalue weighted by Gasteiger charge is 2.11. The van der Waals surface area contributed by atoms with Crippen molar-refractivity contribution in [3.8, 4) is 0 Å². The average molecular weight is 284 g/mol. The molecule has 0 aliphatic rings. The fraction of sp³-hybridized carbons (Fsp3) is 0.235. The third kappa shape index (κ3) is 5.28. The van der Waals surface area contributed by atoms with E-state index in [2.05, 4.69) is 10.6 Å². The maximum absolute atomic E-state index is 11.9. The summed E-state index contributed by atoms with van der Waals surface area (Å²) in [6.45, 7) is 0.112. The van der Waals surface area contributed by atoms with Gasteiger partial charge in [0.25, 0.3) is 0 Å². The van der Waals surface area contributed by atoms with Crippen LogP contribution in [-0.2, 0) is 11.2 Å². The summed E-state index contributed by atoms with van der Waals surface area (Å²) < 4.78 is 0. The third-order valence-corrected chi connectivity index (χ3v) is 3.14. The van der Waals surface area contributed by atoms with Crippen molar-refractivity contribution >= 4 is 11.6 Å². The monoisotopic (exact) mass is 284 g/mol. The number of hydrogen-bond acceptors (Lipinski definition) is 3. The Kier molecular flexibility index (Phi) is 5.79. The Bertz CT molecular complexity index is 543. The van der Waals surface area contributed by atoms with Crippen molar-refractivity contribution in [3.05, 3.63) is 66.2 Å². The molecular weight excluding hydrogens is 264 g/mol. The first kappa shape index (κ1) is 15.1. The van der Waals surface area contributed by atoms with Gasteiger partial charge < -0.3 is 15.7 Å². The highest BCUT2D eigenvalue weighted by atomic mass is 16.3. The smallest absolute Gasteiger partial charge is 0.239 e. The Morgan fingerprint density at radius 2 is 1.62 bits per heavy atom. The zero-order chi connectivity index (χ0) is 14.9. The molecule has 0 saturated heterocycles. The van der Waals surface area contributed by atoms with Gasteiger partial charge in [-0.05, 0) is 24.1 Å². The van der Waals surface area contributed by atoms with Crippen molar-refractivity contribution < 1.29 is 9.90 Å². The molecule has 2 rings (SSSR count). The Morgan fingerprint density at radius 1 is 1.00 bits per heavy atom. The Labute approximate surface area is 124 Å². The van der Waals surface area contributed by atoms with Gasteiger partial charge >= 0.3 is 0 Å². The fourth-order valence-electron chi connectivity index (χ4n) is 2.08. The van der Waals surface area contributed by atoms with Crippen LogP contribution in [0, 0.1) is 0 Å². The van der Waals surface area contributed by atoms with Gasteiger partial charge in [0.05, 0.1) is 19.2 Å². The molecule has 0 aromatic heterocycles. The second-order valence-corrected chi connectivity index (χ2v) is 4.86. The van der Waals surface area contributed by atoms with E-state index >= 15 is 0 Å². The Morgan fingerprint density at radius 3 is 2.24 bits per heavy atom. The summed E-state index contributed by atoms with van der Waals surface area (Å²) in [6.07, 6.45) is 0.619. The van der Waals surface area contributed by atoms with E-state index < -0.39 is 0 Å². The molecule has 4 nitrogen and oxygen atoms in total. The number of para-hydroxylation sites is 1. The van der Waals surface area contributed by atoms with Gasteiger partial charge in [-0.15, -0.1) is 0 Å². The second-order valence-electron chi connectivity index (χ2n) is 4.86. The van der Waals surface area contributed by atoms with Crippen LogP contribution < -0.4 is 10.6 Å². The number of carbonyl (C=O) groups excluding carboxylic acids is 1. The van der Waals surface area contributed by atoms with Gasteiger partial charge in [0, 0.05) is 5.69 Å². The normalized spacial score (nSPS) is 11.7. The first-order chi connectivity index (χ1) is 10.3. The van der Waals surface area contributed by atoms with Gasteiger partial charge in [0.2, 0.25) is 5.91 Å². The number of amides is 1. The first-order valence-corrected chi connectivity index (χ1v) is 7.01. The summed E-state index contributed by atoms with van der Waals surface area (Å²) in [6, 6.07) is 19.1. The number of nitrogens with one attached hydrogen (secondary N) is 2. The van der Waals surface area contributed by atoms with Crippen LogP contribution in [0.1, 0.15) is 5.56 Å². The second kappa shape index (κ2) is 8.07. The lowest BCUT2D eigenvalue weighted by Gasteiger charge is -2.17. The molecule has 4 heteroatoms. The van der Waals surface area contributed by atoms with E-state index in [1.54, 1.807) is 0 Å². The highest BCUT2D eigenvalue weighted by molar-refractivity contribution is 5.81. The molecule has 1 atom stereocenters. The molecule has 21 heavy (non-hydrogen) atoms. The summed E-state index contributed by atoms with van der Waals surface area (Å²) >= 11 is 0. The highest BCUT2D eigenvalue weighted by Crippen LogP contribution is 2.05. The molecule has 0 saturated carbocycles. The summed E-state index contributed by atoms with van der Waals surface area (Å²) in [5.41, 5.74) is 1.99. The number of carbonyl (C=O) groups is 1. The van der Waals surface area contributed by atoms with Crippen LogP contribution >= 0.6 is 0 Å². The van der Waals surface area contributed by atoms with Crippen LogP contribution in [0.3, 0.4) is 0 Å². The largest absolute Gasteiger partial charge is 0.394 e. The van der Waals surface area contributed by atoms with E-state index in [1.165, 1.54) is 0 Å². The van der Waals surface area contributed by atoms with E-state index in [-0.39, 0.29) is 25.1 Å². The number of anilines is 1. The van der Waals surface area contributed by atoms with Gasteiger partial charge in [-0.25, -0.2) is 0 Å². The van der Waals surface area contributed by atoms with Crippen molar-refractivity contribution in [2.75, 3.05) is 18.5 Å². The fourth-order valence-corrected chi connectivity index (χ4v) is 2.08. The molecule has 3 N–H and O–H groups in total. The van der Waals surface area contributed by atoms with Crippen LogP contribution in [0.25, 0.3) is 0 Å². The number of benzene rings is 2. The molecule has 2 aromatic rings. The lowest BCUT2D eigenvalue weighted by atomic mass is 10.1. The molecule has 0 fully saturated rings. The number of rotatable bonds is 7. The van der Waals surface area contributed by atoms with E-state index in [0.29, 0.717) is 6.42 Å². The third-order valence-electron chi connectivity index (χ3n) is 3.14. The average Bonchev–Trinajstić information content (AvgIpc) is 2.54. The molecular formula is C17H20N2O2. The topological polar surface area (TPSA) is 61.4 Å². The van der Waals surface area contributed by atoms with Gasteiger partial charge in [0.15, 0.2) is 0 Å². The maximum Gasteiger partial charge on any atom is 0.239 e. The predicted molar refractivity (Wildman–Crippen MR) is 84.1 cm³/mol. The zero-order valence-corrected chi connectivity index (χ0v) is 11.8. The standard InChI is InChI=1S/C17H20N2O2/c20-13-16(11-14-7-3-1-4-8-14)19-17(21)12-18-15-9-5-2-6-10-15/h1-10,16,18,20H,11-13H2,(H,19,21). The van der Waals surface area contributed by atoms with Crippen LogP contribution in [-0.4, -0.2) is 30.2 Å². The molecule has 0 aliphatic carbocycles. The summed E-state index contributed by atoms with van der Waals surface area (Å²) in [7, 11) is 0. The van der Waals surface area contributed by atoms with Crippen LogP contribution in [0.2, 0.25) is 0 Å². The first-order valence-electron chi connectivity index (χ1n) is 7.01. The van der Waals surface area contributed by atoms with Gasteiger partial charge in [-0.3, -0.25) is 4.79 Å². The molecule has 0 heterocycles. The lowest BCUT2D eigenvalue weighted by molar-refractivity contribution is -0.120. The van der Waals surface area contributed by atoms with Crippen molar-refractivity contribution in [1.29, 1.82) is 0 Å². The van der Waals surface area contributed by atoms with Crippen LogP contribution in [0.15, 0.2) is 60.7 Å². The van der Waals surface area contributed by atoms with Crippen LogP contribution in [0.5, 0.6) is 0 Å². The predicted octanol–water partition coefficient (Wildman–Crippen LogP) is 1.82. The summed E-state index contributed by atoms with van der Waals surface area (Å²) in [5.74, 6) is -0.131. The Hall–Kier alpha value is -2.33. The van der Waals surface area contributed by atoms with Crippen molar-refractivity contribution in [2.24, 2.45) is 0 Å². The molecule has 0 bridgehead atoms. The molecule has 1 amide bonds. The summed E-state index contributed by atoms with van der Waals surface area (Å²) in [5, 5.41) is 15.3. The quantitative estimate of drug-likeness (QED) is 0.727.